The third kappa shape index (κ3) is 3.38. The number of rotatable bonds is 4. The maximum absolute atomic E-state index is 10.4. The van der Waals surface area contributed by atoms with Crippen molar-refractivity contribution in [1.82, 2.24) is 9.88 Å². The van der Waals surface area contributed by atoms with Crippen LogP contribution in [-0.2, 0) is 4.74 Å². The zero-order valence-corrected chi connectivity index (χ0v) is 15.3. The number of aryl methyl sites for hydroxylation is 1. The zero-order chi connectivity index (χ0) is 17.6. The van der Waals surface area contributed by atoms with Gasteiger partial charge in [0.15, 0.2) is 6.23 Å². The Morgan fingerprint density at radius 3 is 2.75 bits per heavy atom. The first-order valence-corrected chi connectivity index (χ1v) is 11.1. The van der Waals surface area contributed by atoms with E-state index >= 15 is 0 Å². The van der Waals surface area contributed by atoms with Crippen molar-refractivity contribution >= 4 is 19.4 Å². The molecule has 1 fully saturated rings. The fraction of sp³-hybridized carbons (Fsp3) is 0.529. The topological polar surface area (TPSA) is 81.1 Å². The molecular weight excluding hydrogens is 325 g/mol. The predicted molar refractivity (Wildman–Crippen MR) is 97.8 cm³/mol. The van der Waals surface area contributed by atoms with Crippen LogP contribution in [0.3, 0.4) is 0 Å². The lowest BCUT2D eigenvalue weighted by atomic mass is 10.1. The van der Waals surface area contributed by atoms with Crippen LogP contribution >= 0.6 is 6.89 Å². The summed E-state index contributed by atoms with van der Waals surface area (Å²) in [6, 6.07) is 1.98. The largest absolute Gasteiger partial charge is 0.388 e. The number of aromatic amines is 1. The molecule has 7 heteroatoms. The monoisotopic (exact) mass is 351 g/mol. The second kappa shape index (κ2) is 6.19. The molecule has 0 saturated carbocycles. The Balaban J connectivity index is 1.81. The molecule has 4 atom stereocenters. The van der Waals surface area contributed by atoms with Gasteiger partial charge in [-0.1, -0.05) is 6.58 Å². The summed E-state index contributed by atoms with van der Waals surface area (Å²) in [5, 5.41) is 21.7. The molecule has 0 unspecified atom stereocenters. The lowest BCUT2D eigenvalue weighted by Gasteiger charge is -2.29. The van der Waals surface area contributed by atoms with E-state index in [4.69, 9.17) is 4.74 Å². The second-order valence-corrected chi connectivity index (χ2v) is 11.6. The second-order valence-electron chi connectivity index (χ2n) is 7.31. The van der Waals surface area contributed by atoms with Crippen LogP contribution < -0.4 is 10.7 Å². The SMILES string of the molecule is C=C1N=c2[nH]c(C)cc2=CN1[C@@H]1O[C@H](CCP(=C)(C)C)[C@@H](O)[C@H]1O. The molecule has 132 valence electrons. The van der Waals surface area contributed by atoms with Crippen molar-refractivity contribution in [2.24, 2.45) is 4.99 Å². The average Bonchev–Trinajstić information content (AvgIpc) is 2.96. The van der Waals surface area contributed by atoms with E-state index in [-0.39, 0.29) is 0 Å². The highest BCUT2D eigenvalue weighted by molar-refractivity contribution is 7.72. The molecule has 1 aromatic heterocycles. The van der Waals surface area contributed by atoms with Crippen LogP contribution in [0.2, 0.25) is 0 Å². The number of nitrogens with zero attached hydrogens (tertiary/aromatic N) is 2. The van der Waals surface area contributed by atoms with Gasteiger partial charge in [0.25, 0.3) is 0 Å². The van der Waals surface area contributed by atoms with Gasteiger partial charge in [0.1, 0.15) is 23.5 Å². The zero-order valence-electron chi connectivity index (χ0n) is 14.4. The number of aliphatic hydroxyl groups excluding tert-OH is 2. The summed E-state index contributed by atoms with van der Waals surface area (Å²) < 4.78 is 5.97. The standard InChI is InChI=1S/C17H26N3O3P/c1-10-8-12-9-20(11(2)19-16(12)18-10)17-15(22)14(21)13(23-17)6-7-24(3,4)5/h8-9,13-15,17,21-22H,2-3,6-7H2,1,4-5H3,(H,18,19)/t13-,14-,15-,17-/m1/s1. The Labute approximate surface area is 142 Å². The Hall–Kier alpha value is -1.33. The predicted octanol–water partition coefficient (Wildman–Crippen LogP) is 0.0135. The summed E-state index contributed by atoms with van der Waals surface area (Å²) in [5.74, 6) is 0.478. The van der Waals surface area contributed by atoms with Crippen molar-refractivity contribution < 1.29 is 14.9 Å². The fourth-order valence-electron chi connectivity index (χ4n) is 3.09. The maximum Gasteiger partial charge on any atom is 0.164 e. The molecule has 2 aliphatic rings. The highest BCUT2D eigenvalue weighted by Gasteiger charge is 2.45. The van der Waals surface area contributed by atoms with Crippen LogP contribution in [0, 0.1) is 6.92 Å². The number of H-pyrrole nitrogens is 1. The van der Waals surface area contributed by atoms with Gasteiger partial charge in [-0.05, 0) is 38.9 Å². The van der Waals surface area contributed by atoms with E-state index < -0.39 is 31.4 Å². The Bertz CT molecular complexity index is 810. The van der Waals surface area contributed by atoms with Crippen LogP contribution in [0.5, 0.6) is 0 Å². The quantitative estimate of drug-likeness (QED) is 0.668. The van der Waals surface area contributed by atoms with Crippen LogP contribution in [-0.4, -0.2) is 70.4 Å². The summed E-state index contributed by atoms with van der Waals surface area (Å²) in [4.78, 5) is 9.29. The van der Waals surface area contributed by atoms with Gasteiger partial charge >= 0.3 is 0 Å². The third-order valence-electron chi connectivity index (χ3n) is 4.41. The summed E-state index contributed by atoms with van der Waals surface area (Å²) in [6.07, 6.45) is 4.62. The summed E-state index contributed by atoms with van der Waals surface area (Å²) in [6.45, 7) is 9.00. The van der Waals surface area contributed by atoms with Gasteiger partial charge in [0.2, 0.25) is 0 Å². The fourth-order valence-corrected chi connectivity index (χ4v) is 4.05. The number of hydrogen-bond donors (Lipinski definition) is 3. The van der Waals surface area contributed by atoms with Gasteiger partial charge in [-0.15, -0.1) is 13.2 Å². The molecule has 3 heterocycles. The van der Waals surface area contributed by atoms with Crippen molar-refractivity contribution in [2.45, 2.75) is 37.9 Å². The van der Waals surface area contributed by atoms with Gasteiger partial charge in [-0.25, -0.2) is 4.99 Å². The van der Waals surface area contributed by atoms with Crippen LogP contribution in [0.25, 0.3) is 6.20 Å². The van der Waals surface area contributed by atoms with Crippen molar-refractivity contribution in [3.8, 4) is 0 Å². The summed E-state index contributed by atoms with van der Waals surface area (Å²) in [7, 11) is 0. The molecule has 0 spiro atoms. The molecular formula is C17H26N3O3P. The first kappa shape index (κ1) is 17.5. The number of fused-ring (bicyclic) bond motifs is 1. The van der Waals surface area contributed by atoms with E-state index in [9.17, 15) is 10.2 Å². The molecule has 0 radical (unpaired) electrons. The van der Waals surface area contributed by atoms with Crippen molar-refractivity contribution in [1.29, 1.82) is 0 Å². The van der Waals surface area contributed by atoms with E-state index in [1.807, 2.05) is 19.2 Å². The normalized spacial score (nSPS) is 30.0. The van der Waals surface area contributed by atoms with Crippen molar-refractivity contribution in [2.75, 3.05) is 19.5 Å². The number of nitrogens with one attached hydrogen (secondary N) is 1. The van der Waals surface area contributed by atoms with Gasteiger partial charge in [0, 0.05) is 17.1 Å². The number of ether oxygens (including phenoxy) is 1. The average molecular weight is 351 g/mol. The van der Waals surface area contributed by atoms with E-state index in [1.165, 1.54) is 0 Å². The molecule has 1 saturated heterocycles. The molecule has 24 heavy (non-hydrogen) atoms. The van der Waals surface area contributed by atoms with Crippen molar-refractivity contribution in [3.63, 3.8) is 0 Å². The minimum Gasteiger partial charge on any atom is -0.388 e. The molecule has 0 aliphatic carbocycles. The molecule has 0 aromatic carbocycles. The van der Waals surface area contributed by atoms with Gasteiger partial charge in [-0.3, -0.25) is 0 Å². The van der Waals surface area contributed by atoms with E-state index in [0.29, 0.717) is 12.2 Å². The number of aromatic nitrogens is 1. The maximum atomic E-state index is 10.4. The van der Waals surface area contributed by atoms with Gasteiger partial charge in [0.05, 0.1) is 6.10 Å². The highest BCUT2D eigenvalue weighted by atomic mass is 31.2. The van der Waals surface area contributed by atoms with Gasteiger partial charge < -0.3 is 24.8 Å². The van der Waals surface area contributed by atoms with Crippen LogP contribution in [0.15, 0.2) is 23.5 Å². The Kier molecular flexibility index (Phi) is 4.51. The van der Waals surface area contributed by atoms with Crippen LogP contribution in [0.4, 0.5) is 0 Å². The number of hydrogen-bond acceptors (Lipinski definition) is 5. The first-order valence-electron chi connectivity index (χ1n) is 8.08. The van der Waals surface area contributed by atoms with Crippen molar-refractivity contribution in [3.05, 3.63) is 34.9 Å². The smallest absolute Gasteiger partial charge is 0.164 e. The van der Waals surface area contributed by atoms with E-state index in [1.54, 1.807) is 4.90 Å². The molecule has 0 bridgehead atoms. The minimum atomic E-state index is -1.20. The van der Waals surface area contributed by atoms with Crippen LogP contribution in [0.1, 0.15) is 12.1 Å². The third-order valence-corrected chi connectivity index (χ3v) is 5.88. The van der Waals surface area contributed by atoms with E-state index in [0.717, 1.165) is 22.6 Å². The Morgan fingerprint density at radius 1 is 1.38 bits per heavy atom. The molecule has 6 nitrogen and oxygen atoms in total. The first-order chi connectivity index (χ1) is 11.2. The molecule has 3 rings (SSSR count). The van der Waals surface area contributed by atoms with Gasteiger partial charge in [-0.2, -0.15) is 0 Å². The Morgan fingerprint density at radius 2 is 2.08 bits per heavy atom. The van der Waals surface area contributed by atoms with E-state index in [2.05, 4.69) is 36.2 Å². The lowest BCUT2D eigenvalue weighted by molar-refractivity contribution is -0.0517. The molecule has 1 aromatic rings. The highest BCUT2D eigenvalue weighted by Crippen LogP contribution is 2.38. The summed E-state index contributed by atoms with van der Waals surface area (Å²) in [5.41, 5.74) is 1.75. The molecule has 0 amide bonds. The lowest BCUT2D eigenvalue weighted by Crippen LogP contribution is -2.44. The molecule has 3 N–H and O–H groups in total. The summed E-state index contributed by atoms with van der Waals surface area (Å²) >= 11 is 0. The minimum absolute atomic E-state index is 0.401. The number of aliphatic hydroxyl groups is 2. The molecule has 2 aliphatic heterocycles.